The molecule has 1 rings (SSSR count). The van der Waals surface area contributed by atoms with Gasteiger partial charge in [0, 0.05) is 24.7 Å². The van der Waals surface area contributed by atoms with Crippen molar-refractivity contribution in [1.29, 1.82) is 0 Å². The minimum Gasteiger partial charge on any atom is -0.327 e. The average molecular weight is 203 g/mol. The predicted molar refractivity (Wildman–Crippen MR) is 57.8 cm³/mol. The van der Waals surface area contributed by atoms with Gasteiger partial charge in [-0.2, -0.15) is 0 Å². The van der Waals surface area contributed by atoms with Gasteiger partial charge in [-0.05, 0) is 31.4 Å². The lowest BCUT2D eigenvalue weighted by Gasteiger charge is -2.35. The topological polar surface area (TPSA) is 29.3 Å². The molecule has 2 unspecified atom stereocenters. The Kier molecular flexibility index (Phi) is 4.23. The number of piperidine rings is 1. The molecule has 0 saturated carbocycles. The summed E-state index contributed by atoms with van der Waals surface area (Å²) in [6.07, 6.45) is 1.11. The summed E-state index contributed by atoms with van der Waals surface area (Å²) >= 11 is 5.62. The zero-order valence-electron chi connectivity index (χ0n) is 8.46. The summed E-state index contributed by atoms with van der Waals surface area (Å²) in [7, 11) is 0. The third kappa shape index (κ3) is 3.29. The molecule has 2 N–H and O–H groups in total. The molecule has 0 aromatic heterocycles. The van der Waals surface area contributed by atoms with Crippen molar-refractivity contribution in [3.8, 4) is 0 Å². The van der Waals surface area contributed by atoms with Gasteiger partial charge in [-0.3, -0.25) is 4.90 Å². The molecule has 2 nitrogen and oxygen atoms in total. The first-order valence-corrected chi connectivity index (χ1v) is 5.31. The van der Waals surface area contributed by atoms with Gasteiger partial charge >= 0.3 is 0 Å². The van der Waals surface area contributed by atoms with Crippen LogP contribution in [0.1, 0.15) is 20.3 Å². The Labute approximate surface area is 85.7 Å². The number of nitrogens with zero attached hydrogens (tertiary/aromatic N) is 1. The van der Waals surface area contributed by atoms with Crippen molar-refractivity contribution in [1.82, 2.24) is 4.90 Å². The maximum Gasteiger partial charge on any atom is 0.0202 e. The molecule has 0 bridgehead atoms. The quantitative estimate of drug-likeness (QED) is 0.740. The maximum atomic E-state index is 5.94. The Morgan fingerprint density at radius 2 is 2.38 bits per heavy atom. The van der Waals surface area contributed by atoms with Gasteiger partial charge < -0.3 is 5.73 Å². The molecule has 2 atom stereocenters. The van der Waals surface area contributed by atoms with Crippen LogP contribution < -0.4 is 5.73 Å². The predicted octanol–water partition coefficient (Wildman–Crippen LogP) is 1.80. The molecular formula is C10H19ClN2. The van der Waals surface area contributed by atoms with Crippen LogP contribution in [0.15, 0.2) is 11.1 Å². The largest absolute Gasteiger partial charge is 0.327 e. The van der Waals surface area contributed by atoms with Crippen LogP contribution in [-0.4, -0.2) is 30.6 Å². The summed E-state index contributed by atoms with van der Waals surface area (Å²) in [5.41, 5.74) is 8.83. The molecule has 0 aromatic rings. The highest BCUT2D eigenvalue weighted by molar-refractivity contribution is 6.25. The fourth-order valence-electron chi connectivity index (χ4n) is 1.78. The molecule has 0 aromatic carbocycles. The molecule has 0 radical (unpaired) electrons. The summed E-state index contributed by atoms with van der Waals surface area (Å²) in [4.78, 5) is 2.42. The second kappa shape index (κ2) is 4.99. The molecule has 0 aliphatic carbocycles. The van der Waals surface area contributed by atoms with Crippen LogP contribution in [-0.2, 0) is 0 Å². The number of halogens is 1. The van der Waals surface area contributed by atoms with Crippen molar-refractivity contribution in [2.45, 2.75) is 26.3 Å². The number of hydrogen-bond acceptors (Lipinski definition) is 2. The third-order valence-electron chi connectivity index (χ3n) is 2.72. The van der Waals surface area contributed by atoms with E-state index in [9.17, 15) is 0 Å². The molecule has 3 heteroatoms. The van der Waals surface area contributed by atoms with E-state index < -0.39 is 0 Å². The van der Waals surface area contributed by atoms with E-state index in [1.807, 2.05) is 0 Å². The van der Waals surface area contributed by atoms with Gasteiger partial charge in [0.15, 0.2) is 0 Å². The Hall–Kier alpha value is -0.0500. The van der Waals surface area contributed by atoms with Gasteiger partial charge in [0.2, 0.25) is 0 Å². The van der Waals surface area contributed by atoms with Gasteiger partial charge in [-0.1, -0.05) is 18.5 Å². The van der Waals surface area contributed by atoms with E-state index >= 15 is 0 Å². The first kappa shape index (κ1) is 11.0. The Balaban J connectivity index is 2.37. The SMILES string of the molecule is CC(=CCl)CN1CCC(N)C(C)C1. The van der Waals surface area contributed by atoms with Crippen LogP contribution in [0.4, 0.5) is 0 Å². The zero-order valence-corrected chi connectivity index (χ0v) is 9.22. The molecule has 1 saturated heterocycles. The highest BCUT2D eigenvalue weighted by atomic mass is 35.5. The van der Waals surface area contributed by atoms with Crippen molar-refractivity contribution >= 4 is 11.6 Å². The van der Waals surface area contributed by atoms with E-state index in [2.05, 4.69) is 18.7 Å². The number of rotatable bonds is 2. The maximum absolute atomic E-state index is 5.94. The lowest BCUT2D eigenvalue weighted by atomic mass is 9.94. The summed E-state index contributed by atoms with van der Waals surface area (Å²) < 4.78 is 0. The van der Waals surface area contributed by atoms with Gasteiger partial charge in [0.25, 0.3) is 0 Å². The summed E-state index contributed by atoms with van der Waals surface area (Å²) in [6, 6.07) is 0.386. The van der Waals surface area contributed by atoms with Gasteiger partial charge in [-0.15, -0.1) is 0 Å². The Morgan fingerprint density at radius 3 is 2.92 bits per heavy atom. The van der Waals surface area contributed by atoms with Crippen molar-refractivity contribution < 1.29 is 0 Å². The molecule has 0 amide bonds. The summed E-state index contributed by atoms with van der Waals surface area (Å²) in [5, 5.41) is 0. The summed E-state index contributed by atoms with van der Waals surface area (Å²) in [5.74, 6) is 0.608. The van der Waals surface area contributed by atoms with Crippen molar-refractivity contribution in [2.75, 3.05) is 19.6 Å². The zero-order chi connectivity index (χ0) is 9.84. The minimum absolute atomic E-state index is 0.386. The average Bonchev–Trinajstić information content (AvgIpc) is 2.11. The first-order valence-electron chi connectivity index (χ1n) is 4.87. The van der Waals surface area contributed by atoms with E-state index in [1.165, 1.54) is 5.57 Å². The van der Waals surface area contributed by atoms with Crippen molar-refractivity contribution in [3.63, 3.8) is 0 Å². The number of nitrogens with two attached hydrogens (primary N) is 1. The lowest BCUT2D eigenvalue weighted by Crippen LogP contribution is -2.46. The number of hydrogen-bond donors (Lipinski definition) is 1. The molecule has 1 aliphatic heterocycles. The third-order valence-corrected chi connectivity index (χ3v) is 3.09. The van der Waals surface area contributed by atoms with Crippen LogP contribution in [0.2, 0.25) is 0 Å². The number of likely N-dealkylation sites (tertiary alicyclic amines) is 1. The van der Waals surface area contributed by atoms with Crippen LogP contribution in [0.5, 0.6) is 0 Å². The first-order chi connectivity index (χ1) is 6.13. The normalized spacial score (nSPS) is 32.2. The van der Waals surface area contributed by atoms with Crippen molar-refractivity contribution in [2.24, 2.45) is 11.7 Å². The molecule has 13 heavy (non-hydrogen) atoms. The highest BCUT2D eigenvalue weighted by Gasteiger charge is 2.22. The molecule has 1 fully saturated rings. The van der Waals surface area contributed by atoms with Crippen LogP contribution >= 0.6 is 11.6 Å². The van der Waals surface area contributed by atoms with E-state index in [0.29, 0.717) is 12.0 Å². The van der Waals surface area contributed by atoms with Crippen LogP contribution in [0.25, 0.3) is 0 Å². The van der Waals surface area contributed by atoms with Crippen LogP contribution in [0.3, 0.4) is 0 Å². The second-order valence-corrected chi connectivity index (χ2v) is 4.34. The Morgan fingerprint density at radius 1 is 1.69 bits per heavy atom. The smallest absolute Gasteiger partial charge is 0.0202 e. The lowest BCUT2D eigenvalue weighted by molar-refractivity contribution is 0.176. The van der Waals surface area contributed by atoms with Gasteiger partial charge in [0.1, 0.15) is 0 Å². The van der Waals surface area contributed by atoms with Gasteiger partial charge in [0.05, 0.1) is 0 Å². The standard InChI is InChI=1S/C10H19ClN2/c1-8(5-11)6-13-4-3-10(12)9(2)7-13/h5,9-10H,3-4,6-7,12H2,1-2H3. The van der Waals surface area contributed by atoms with E-state index in [0.717, 1.165) is 26.1 Å². The fourth-order valence-corrected chi connectivity index (χ4v) is 1.85. The van der Waals surface area contributed by atoms with E-state index in [-0.39, 0.29) is 0 Å². The molecule has 0 spiro atoms. The van der Waals surface area contributed by atoms with E-state index in [4.69, 9.17) is 17.3 Å². The van der Waals surface area contributed by atoms with Crippen molar-refractivity contribution in [3.05, 3.63) is 11.1 Å². The Bertz CT molecular complexity index is 191. The highest BCUT2D eigenvalue weighted by Crippen LogP contribution is 2.15. The molecular weight excluding hydrogens is 184 g/mol. The second-order valence-electron chi connectivity index (χ2n) is 4.12. The summed E-state index contributed by atoms with van der Waals surface area (Å²) in [6.45, 7) is 7.47. The minimum atomic E-state index is 0.386. The van der Waals surface area contributed by atoms with E-state index in [1.54, 1.807) is 5.54 Å². The fraction of sp³-hybridized carbons (Fsp3) is 0.800. The molecule has 1 heterocycles. The molecule has 1 aliphatic rings. The monoisotopic (exact) mass is 202 g/mol. The molecule has 76 valence electrons. The van der Waals surface area contributed by atoms with Gasteiger partial charge in [-0.25, -0.2) is 0 Å². The van der Waals surface area contributed by atoms with Crippen LogP contribution in [0, 0.1) is 5.92 Å².